The summed E-state index contributed by atoms with van der Waals surface area (Å²) < 4.78 is 4.63. The Labute approximate surface area is 106 Å². The number of aromatic nitrogens is 1. The number of nitrogens with one attached hydrogen (secondary N) is 1. The van der Waals surface area contributed by atoms with Crippen LogP contribution >= 0.6 is 0 Å². The average molecular weight is 248 g/mol. The van der Waals surface area contributed by atoms with Gasteiger partial charge in [-0.25, -0.2) is 4.79 Å². The fraction of sp³-hybridized carbons (Fsp3) is 0.462. The van der Waals surface area contributed by atoms with Gasteiger partial charge in [0.25, 0.3) is 0 Å². The molecule has 0 aliphatic heterocycles. The van der Waals surface area contributed by atoms with Gasteiger partial charge < -0.3 is 10.1 Å². The average Bonchev–Trinajstić information content (AvgIpc) is 3.18. The molecule has 0 spiro atoms. The van der Waals surface area contributed by atoms with Gasteiger partial charge in [-0.3, -0.25) is 9.78 Å². The van der Waals surface area contributed by atoms with Crippen LogP contribution in [0.15, 0.2) is 24.4 Å². The van der Waals surface area contributed by atoms with Crippen molar-refractivity contribution in [1.29, 1.82) is 0 Å². The molecule has 0 bridgehead atoms. The maximum Gasteiger partial charge on any atom is 0.396 e. The van der Waals surface area contributed by atoms with Crippen LogP contribution in [-0.4, -0.2) is 30.0 Å². The van der Waals surface area contributed by atoms with Crippen molar-refractivity contribution in [1.82, 2.24) is 10.3 Å². The maximum absolute atomic E-state index is 11.4. The predicted octanol–water partition coefficient (Wildman–Crippen LogP) is 0.792. The Morgan fingerprint density at radius 1 is 1.44 bits per heavy atom. The number of ether oxygens (including phenoxy) is 1. The Morgan fingerprint density at radius 2 is 2.22 bits per heavy atom. The molecule has 1 aliphatic carbocycles. The number of carbonyl (C=O) groups is 2. The Balaban J connectivity index is 1.91. The second kappa shape index (κ2) is 5.16. The number of carbonyl (C=O) groups excluding carboxylic acids is 2. The van der Waals surface area contributed by atoms with Crippen LogP contribution in [0.1, 0.15) is 25.5 Å². The van der Waals surface area contributed by atoms with Gasteiger partial charge in [-0.05, 0) is 31.9 Å². The fourth-order valence-corrected chi connectivity index (χ4v) is 1.87. The van der Waals surface area contributed by atoms with Crippen molar-refractivity contribution in [3.63, 3.8) is 0 Å². The molecular weight excluding hydrogens is 232 g/mol. The second-order valence-electron chi connectivity index (χ2n) is 4.40. The summed E-state index contributed by atoms with van der Waals surface area (Å²) in [5.74, 6) is -1.51. The Bertz CT molecular complexity index is 441. The molecule has 0 saturated heterocycles. The second-order valence-corrected chi connectivity index (χ2v) is 4.40. The highest BCUT2D eigenvalue weighted by Gasteiger charge is 2.45. The van der Waals surface area contributed by atoms with E-state index in [-0.39, 0.29) is 12.0 Å². The minimum absolute atomic E-state index is 0.0938. The number of nitrogens with zero attached hydrogens (tertiary/aromatic N) is 1. The van der Waals surface area contributed by atoms with Crippen molar-refractivity contribution >= 4 is 11.9 Å². The molecule has 2 rings (SSSR count). The number of rotatable bonds is 4. The Kier molecular flexibility index (Phi) is 3.60. The van der Waals surface area contributed by atoms with Gasteiger partial charge in [0.15, 0.2) is 0 Å². The number of amides is 1. The third-order valence-electron chi connectivity index (χ3n) is 3.11. The zero-order valence-electron chi connectivity index (χ0n) is 10.3. The van der Waals surface area contributed by atoms with Crippen LogP contribution < -0.4 is 5.32 Å². The zero-order chi connectivity index (χ0) is 13.0. The molecular formula is C13H16N2O3. The minimum Gasteiger partial charge on any atom is -0.459 e. The summed E-state index contributed by atoms with van der Waals surface area (Å²) in [5.41, 5.74) is 0.873. The molecule has 0 aromatic carbocycles. The summed E-state index contributed by atoms with van der Waals surface area (Å²) in [6.07, 6.45) is 3.70. The molecule has 5 heteroatoms. The lowest BCUT2D eigenvalue weighted by atomic mass is 10.0. The van der Waals surface area contributed by atoms with Crippen LogP contribution in [0.4, 0.5) is 0 Å². The van der Waals surface area contributed by atoms with E-state index in [0.29, 0.717) is 6.54 Å². The van der Waals surface area contributed by atoms with Gasteiger partial charge in [-0.15, -0.1) is 0 Å². The van der Waals surface area contributed by atoms with Gasteiger partial charge in [0.2, 0.25) is 0 Å². The summed E-state index contributed by atoms with van der Waals surface area (Å²) in [7, 11) is 0. The van der Waals surface area contributed by atoms with Crippen LogP contribution in [0.5, 0.6) is 0 Å². The smallest absolute Gasteiger partial charge is 0.396 e. The molecule has 1 aromatic heterocycles. The molecule has 1 fully saturated rings. The van der Waals surface area contributed by atoms with Crippen molar-refractivity contribution in [2.45, 2.75) is 25.2 Å². The third kappa shape index (κ3) is 2.67. The summed E-state index contributed by atoms with van der Waals surface area (Å²) >= 11 is 0. The molecule has 0 atom stereocenters. The highest BCUT2D eigenvalue weighted by Crippen LogP contribution is 2.46. The van der Waals surface area contributed by atoms with Gasteiger partial charge in [0, 0.05) is 23.9 Å². The van der Waals surface area contributed by atoms with E-state index in [2.05, 4.69) is 15.0 Å². The molecule has 1 heterocycles. The first-order chi connectivity index (χ1) is 8.68. The van der Waals surface area contributed by atoms with Crippen LogP contribution in [0.3, 0.4) is 0 Å². The number of pyridine rings is 1. The van der Waals surface area contributed by atoms with E-state index in [4.69, 9.17) is 0 Å². The van der Waals surface area contributed by atoms with E-state index in [1.54, 1.807) is 13.1 Å². The first-order valence-electron chi connectivity index (χ1n) is 6.04. The first kappa shape index (κ1) is 12.5. The molecule has 18 heavy (non-hydrogen) atoms. The lowest BCUT2D eigenvalue weighted by Crippen LogP contribution is -2.38. The molecule has 96 valence electrons. The van der Waals surface area contributed by atoms with Gasteiger partial charge in [0.05, 0.1) is 6.61 Å². The quantitative estimate of drug-likeness (QED) is 0.632. The highest BCUT2D eigenvalue weighted by atomic mass is 16.5. The lowest BCUT2D eigenvalue weighted by molar-refractivity contribution is -0.154. The van der Waals surface area contributed by atoms with Crippen LogP contribution in [0.25, 0.3) is 0 Å². The third-order valence-corrected chi connectivity index (χ3v) is 3.11. The Morgan fingerprint density at radius 3 is 2.78 bits per heavy atom. The summed E-state index contributed by atoms with van der Waals surface area (Å²) in [4.78, 5) is 26.9. The zero-order valence-corrected chi connectivity index (χ0v) is 10.3. The molecule has 0 unspecified atom stereocenters. The lowest BCUT2D eigenvalue weighted by Gasteiger charge is -2.14. The molecule has 1 amide bonds. The largest absolute Gasteiger partial charge is 0.459 e. The van der Waals surface area contributed by atoms with Gasteiger partial charge >= 0.3 is 11.9 Å². The highest BCUT2D eigenvalue weighted by molar-refractivity contribution is 6.32. The van der Waals surface area contributed by atoms with Crippen LogP contribution in [0.2, 0.25) is 0 Å². The number of hydrogen-bond donors (Lipinski definition) is 1. The van der Waals surface area contributed by atoms with Gasteiger partial charge in [-0.1, -0.05) is 6.07 Å². The molecule has 1 aromatic rings. The van der Waals surface area contributed by atoms with Crippen molar-refractivity contribution in [3.05, 3.63) is 30.1 Å². The van der Waals surface area contributed by atoms with Gasteiger partial charge in [-0.2, -0.15) is 0 Å². The van der Waals surface area contributed by atoms with E-state index in [9.17, 15) is 9.59 Å². The van der Waals surface area contributed by atoms with Crippen LogP contribution in [-0.2, 0) is 19.7 Å². The molecule has 1 N–H and O–H groups in total. The van der Waals surface area contributed by atoms with Gasteiger partial charge in [0.1, 0.15) is 0 Å². The standard InChI is InChI=1S/C13H16N2O3/c1-2-18-12(17)11(16)15-9-13(6-7-13)10-5-3-4-8-14-10/h3-5,8H,2,6-7,9H2,1H3,(H,15,16). The van der Waals surface area contributed by atoms with Crippen LogP contribution in [0, 0.1) is 0 Å². The number of esters is 1. The van der Waals surface area contributed by atoms with E-state index >= 15 is 0 Å². The van der Waals surface area contributed by atoms with E-state index < -0.39 is 11.9 Å². The van der Waals surface area contributed by atoms with Crippen molar-refractivity contribution in [2.75, 3.05) is 13.2 Å². The van der Waals surface area contributed by atoms with Crippen molar-refractivity contribution in [2.24, 2.45) is 0 Å². The summed E-state index contributed by atoms with van der Waals surface area (Å²) in [6, 6.07) is 5.73. The molecule has 0 radical (unpaired) electrons. The Hall–Kier alpha value is -1.91. The summed E-state index contributed by atoms with van der Waals surface area (Å²) in [5, 5.41) is 2.62. The van der Waals surface area contributed by atoms with E-state index in [0.717, 1.165) is 18.5 Å². The minimum atomic E-state index is -0.825. The molecule has 1 saturated carbocycles. The normalized spacial score (nSPS) is 15.8. The predicted molar refractivity (Wildman–Crippen MR) is 64.8 cm³/mol. The van der Waals surface area contributed by atoms with E-state index in [1.165, 1.54) is 0 Å². The number of hydrogen-bond acceptors (Lipinski definition) is 4. The SMILES string of the molecule is CCOC(=O)C(=O)NCC1(c2ccccn2)CC1. The van der Waals surface area contributed by atoms with E-state index in [1.807, 2.05) is 18.2 Å². The topological polar surface area (TPSA) is 68.3 Å². The van der Waals surface area contributed by atoms with Crippen molar-refractivity contribution < 1.29 is 14.3 Å². The monoisotopic (exact) mass is 248 g/mol. The molecule has 5 nitrogen and oxygen atoms in total. The maximum atomic E-state index is 11.4. The summed E-state index contributed by atoms with van der Waals surface area (Å²) in [6.45, 7) is 2.31. The molecule has 1 aliphatic rings. The fourth-order valence-electron chi connectivity index (χ4n) is 1.87. The first-order valence-corrected chi connectivity index (χ1v) is 6.04. The van der Waals surface area contributed by atoms with Crippen molar-refractivity contribution in [3.8, 4) is 0 Å².